The van der Waals surface area contributed by atoms with Crippen molar-refractivity contribution in [1.29, 1.82) is 0 Å². The first-order chi connectivity index (χ1) is 9.68. The fourth-order valence-electron chi connectivity index (χ4n) is 2.97. The van der Waals surface area contributed by atoms with Crippen LogP contribution in [0.2, 0.25) is 0 Å². The van der Waals surface area contributed by atoms with Gasteiger partial charge in [-0.15, -0.1) is 0 Å². The Morgan fingerprint density at radius 3 is 2.45 bits per heavy atom. The molecule has 1 aromatic carbocycles. The van der Waals surface area contributed by atoms with Crippen LogP contribution in [0.25, 0.3) is 0 Å². The van der Waals surface area contributed by atoms with Gasteiger partial charge in [-0.3, -0.25) is 0 Å². The van der Waals surface area contributed by atoms with Crippen molar-refractivity contribution in [3.63, 3.8) is 0 Å². The lowest BCUT2D eigenvalue weighted by Crippen LogP contribution is -2.39. The van der Waals surface area contributed by atoms with Crippen molar-refractivity contribution in [2.24, 2.45) is 0 Å². The number of methoxy groups -OCH3 is 1. The van der Waals surface area contributed by atoms with Crippen LogP contribution >= 0.6 is 15.9 Å². The lowest BCUT2D eigenvalue weighted by molar-refractivity contribution is 0.194. The lowest BCUT2D eigenvalue weighted by Gasteiger charge is -2.35. The van der Waals surface area contributed by atoms with Crippen molar-refractivity contribution in [3.8, 4) is 0 Å². The average Bonchev–Trinajstić information content (AvgIpc) is 2.44. The minimum absolute atomic E-state index is 0.237. The van der Waals surface area contributed by atoms with E-state index in [-0.39, 0.29) is 5.41 Å². The Morgan fingerprint density at radius 1 is 1.20 bits per heavy atom. The summed E-state index contributed by atoms with van der Waals surface area (Å²) in [5.41, 5.74) is 1.68. The second-order valence-corrected chi connectivity index (χ2v) is 6.38. The zero-order valence-corrected chi connectivity index (χ0v) is 14.6. The fourth-order valence-corrected chi connectivity index (χ4v) is 3.37. The molecule has 0 saturated heterocycles. The van der Waals surface area contributed by atoms with Crippen molar-refractivity contribution in [3.05, 3.63) is 34.3 Å². The van der Waals surface area contributed by atoms with Crippen molar-refractivity contribution in [2.75, 3.05) is 26.8 Å². The number of ether oxygens (including phenoxy) is 1. The van der Waals surface area contributed by atoms with Gasteiger partial charge in [-0.2, -0.15) is 0 Å². The number of nitrogens with one attached hydrogen (secondary N) is 1. The van der Waals surface area contributed by atoms with Crippen molar-refractivity contribution in [1.82, 2.24) is 5.32 Å². The molecule has 0 aliphatic heterocycles. The maximum Gasteiger partial charge on any atom is 0.0587 e. The quantitative estimate of drug-likeness (QED) is 0.631. The van der Waals surface area contributed by atoms with E-state index >= 15 is 0 Å². The zero-order chi connectivity index (χ0) is 14.8. The molecular formula is C17H28BrNO. The van der Waals surface area contributed by atoms with Gasteiger partial charge in [-0.1, -0.05) is 54.8 Å². The molecule has 0 fully saturated rings. The Balaban J connectivity index is 2.91. The molecule has 0 spiro atoms. The molecule has 0 aliphatic carbocycles. The molecule has 3 heteroatoms. The third kappa shape index (κ3) is 5.19. The molecular weight excluding hydrogens is 314 g/mol. The predicted molar refractivity (Wildman–Crippen MR) is 90.4 cm³/mol. The van der Waals surface area contributed by atoms with E-state index in [9.17, 15) is 0 Å². The smallest absolute Gasteiger partial charge is 0.0587 e. The average molecular weight is 342 g/mol. The third-order valence-electron chi connectivity index (χ3n) is 3.84. The van der Waals surface area contributed by atoms with Crippen LogP contribution in [-0.4, -0.2) is 26.8 Å². The van der Waals surface area contributed by atoms with Gasteiger partial charge in [-0.25, -0.2) is 0 Å². The van der Waals surface area contributed by atoms with Crippen LogP contribution in [0.4, 0.5) is 0 Å². The number of hydrogen-bond acceptors (Lipinski definition) is 2. The van der Waals surface area contributed by atoms with Gasteiger partial charge in [0.25, 0.3) is 0 Å². The van der Waals surface area contributed by atoms with Gasteiger partial charge in [0.1, 0.15) is 0 Å². The van der Waals surface area contributed by atoms with Crippen LogP contribution in [0, 0.1) is 0 Å². The van der Waals surface area contributed by atoms with Gasteiger partial charge in [-0.05, 0) is 30.5 Å². The second kappa shape index (κ2) is 9.54. The highest BCUT2D eigenvalue weighted by Crippen LogP contribution is 2.35. The second-order valence-electron chi connectivity index (χ2n) is 5.46. The van der Waals surface area contributed by atoms with E-state index in [0.717, 1.165) is 19.7 Å². The highest BCUT2D eigenvalue weighted by molar-refractivity contribution is 9.10. The van der Waals surface area contributed by atoms with E-state index in [1.54, 1.807) is 7.11 Å². The molecule has 0 amide bonds. The van der Waals surface area contributed by atoms with Gasteiger partial charge in [0.15, 0.2) is 0 Å². The molecule has 20 heavy (non-hydrogen) atoms. The van der Waals surface area contributed by atoms with Crippen LogP contribution in [0.15, 0.2) is 28.7 Å². The molecule has 0 heterocycles. The van der Waals surface area contributed by atoms with Crippen molar-refractivity contribution >= 4 is 15.9 Å². The molecule has 0 radical (unpaired) electrons. The van der Waals surface area contributed by atoms with E-state index < -0.39 is 0 Å². The highest BCUT2D eigenvalue weighted by atomic mass is 79.9. The molecule has 0 bridgehead atoms. The maximum absolute atomic E-state index is 5.13. The molecule has 2 nitrogen and oxygen atoms in total. The van der Waals surface area contributed by atoms with Crippen LogP contribution in [0.1, 0.15) is 45.1 Å². The first-order valence-electron chi connectivity index (χ1n) is 7.64. The summed E-state index contributed by atoms with van der Waals surface area (Å²) in [5.74, 6) is 0. The predicted octanol–water partition coefficient (Wildman–Crippen LogP) is 4.52. The van der Waals surface area contributed by atoms with Crippen LogP contribution in [0.5, 0.6) is 0 Å². The first kappa shape index (κ1) is 17.7. The van der Waals surface area contributed by atoms with Crippen molar-refractivity contribution < 1.29 is 4.74 Å². The molecule has 114 valence electrons. The van der Waals surface area contributed by atoms with Gasteiger partial charge < -0.3 is 10.1 Å². The summed E-state index contributed by atoms with van der Waals surface area (Å²) < 4.78 is 6.30. The Bertz CT molecular complexity index is 375. The summed E-state index contributed by atoms with van der Waals surface area (Å²) in [6.07, 6.45) is 4.85. The topological polar surface area (TPSA) is 21.3 Å². The maximum atomic E-state index is 5.13. The molecule has 0 aliphatic rings. The number of benzene rings is 1. The number of halogens is 1. The molecule has 1 N–H and O–H groups in total. The summed E-state index contributed by atoms with van der Waals surface area (Å²) in [6, 6.07) is 8.80. The van der Waals surface area contributed by atoms with E-state index in [1.165, 1.54) is 35.7 Å². The van der Waals surface area contributed by atoms with E-state index in [1.807, 2.05) is 0 Å². The lowest BCUT2D eigenvalue weighted by atomic mass is 9.73. The molecule has 1 aromatic rings. The Kier molecular flexibility index (Phi) is 8.43. The Labute approximate surface area is 132 Å². The zero-order valence-electron chi connectivity index (χ0n) is 13.0. The summed E-state index contributed by atoms with van der Waals surface area (Å²) in [4.78, 5) is 0. The third-order valence-corrected chi connectivity index (χ3v) is 4.33. The largest absolute Gasteiger partial charge is 0.383 e. The normalized spacial score (nSPS) is 11.8. The molecule has 0 aromatic heterocycles. The van der Waals surface area contributed by atoms with Crippen LogP contribution in [-0.2, 0) is 10.2 Å². The summed E-state index contributed by atoms with van der Waals surface area (Å²) in [5, 5.41) is 3.57. The summed E-state index contributed by atoms with van der Waals surface area (Å²) >= 11 is 3.61. The minimum atomic E-state index is 0.237. The van der Waals surface area contributed by atoms with E-state index in [0.29, 0.717) is 0 Å². The minimum Gasteiger partial charge on any atom is -0.383 e. The van der Waals surface area contributed by atoms with Crippen molar-refractivity contribution in [2.45, 2.75) is 44.9 Å². The standard InChI is InChI=1S/C17H28BrNO/c1-4-9-17(10-5-2,14-19-11-12-20-3)15-7-6-8-16(18)13-15/h6-8,13,19H,4-5,9-12,14H2,1-3H3. The monoisotopic (exact) mass is 341 g/mol. The molecule has 0 saturated carbocycles. The summed E-state index contributed by atoms with van der Waals surface area (Å²) in [7, 11) is 1.75. The van der Waals surface area contributed by atoms with Crippen LogP contribution in [0.3, 0.4) is 0 Å². The fraction of sp³-hybridized carbons (Fsp3) is 0.647. The SMILES string of the molecule is CCCC(CCC)(CNCCOC)c1cccc(Br)c1. The van der Waals surface area contributed by atoms with E-state index in [2.05, 4.69) is 59.4 Å². The number of rotatable bonds is 10. The highest BCUT2D eigenvalue weighted by Gasteiger charge is 2.30. The van der Waals surface area contributed by atoms with Gasteiger partial charge in [0.2, 0.25) is 0 Å². The molecule has 0 atom stereocenters. The molecule has 0 unspecified atom stereocenters. The van der Waals surface area contributed by atoms with Gasteiger partial charge in [0.05, 0.1) is 6.61 Å². The summed E-state index contributed by atoms with van der Waals surface area (Å²) in [6.45, 7) is 7.26. The number of hydrogen-bond donors (Lipinski definition) is 1. The Morgan fingerprint density at radius 2 is 1.90 bits per heavy atom. The van der Waals surface area contributed by atoms with Gasteiger partial charge >= 0.3 is 0 Å². The first-order valence-corrected chi connectivity index (χ1v) is 8.43. The van der Waals surface area contributed by atoms with Crippen LogP contribution < -0.4 is 5.32 Å². The Hall–Kier alpha value is -0.380. The van der Waals surface area contributed by atoms with E-state index in [4.69, 9.17) is 4.74 Å². The molecule has 1 rings (SSSR count). The van der Waals surface area contributed by atoms with Gasteiger partial charge in [0, 0.05) is 30.1 Å².